The first kappa shape index (κ1) is 25.4. The number of benzene rings is 4. The highest BCUT2D eigenvalue weighted by molar-refractivity contribution is 5.93. The highest BCUT2D eigenvalue weighted by atomic mass is 16.2. The number of nitriles is 1. The van der Waals surface area contributed by atoms with E-state index in [-0.39, 0.29) is 11.9 Å². The molecule has 1 N–H and O–H groups in total. The molecule has 0 bridgehead atoms. The summed E-state index contributed by atoms with van der Waals surface area (Å²) in [6, 6.07) is 42.7. The summed E-state index contributed by atoms with van der Waals surface area (Å²) >= 11 is 0. The van der Waals surface area contributed by atoms with Crippen LogP contribution < -0.4 is 5.43 Å². The summed E-state index contributed by atoms with van der Waals surface area (Å²) in [7, 11) is 0. The lowest BCUT2D eigenvalue weighted by molar-refractivity contribution is 0.0352. The van der Waals surface area contributed by atoms with Crippen LogP contribution in [0.15, 0.2) is 121 Å². The maximum atomic E-state index is 13.6. The van der Waals surface area contributed by atoms with Gasteiger partial charge in [-0.3, -0.25) is 10.2 Å². The summed E-state index contributed by atoms with van der Waals surface area (Å²) in [6.45, 7) is 2.18. The summed E-state index contributed by atoms with van der Waals surface area (Å²) in [5, 5.41) is 13.0. The number of nitrogens with one attached hydrogen (secondary N) is 1. The first-order chi connectivity index (χ1) is 18.5. The van der Waals surface area contributed by atoms with E-state index in [0.717, 1.165) is 18.4 Å². The first-order valence-electron chi connectivity index (χ1n) is 13.2. The molecule has 1 aliphatic rings. The molecule has 1 unspecified atom stereocenters. The van der Waals surface area contributed by atoms with Crippen LogP contribution in [0.4, 0.5) is 0 Å². The Morgan fingerprint density at radius 3 is 1.95 bits per heavy atom. The molecule has 4 aromatic carbocycles. The predicted octanol–water partition coefficient (Wildman–Crippen LogP) is 6.50. The fraction of sp³-hybridized carbons (Fsp3) is 0.235. The second-order valence-electron chi connectivity index (χ2n) is 10.5. The van der Waals surface area contributed by atoms with Gasteiger partial charge in [-0.15, -0.1) is 0 Å². The van der Waals surface area contributed by atoms with E-state index >= 15 is 0 Å². The van der Waals surface area contributed by atoms with Crippen LogP contribution >= 0.6 is 0 Å². The molecule has 0 radical (unpaired) electrons. The molecular formula is C34H33N3O. The molecule has 4 aromatic rings. The number of carbonyl (C=O) groups is 1. The van der Waals surface area contributed by atoms with Crippen LogP contribution in [0.2, 0.25) is 0 Å². The second-order valence-corrected chi connectivity index (χ2v) is 10.5. The highest BCUT2D eigenvalue weighted by Gasteiger charge is 2.59. The molecule has 0 saturated carbocycles. The van der Waals surface area contributed by atoms with E-state index < -0.39 is 11.0 Å². The molecule has 0 spiro atoms. The van der Waals surface area contributed by atoms with Crippen molar-refractivity contribution in [2.24, 2.45) is 0 Å². The minimum atomic E-state index is -0.788. The van der Waals surface area contributed by atoms with Gasteiger partial charge in [0, 0.05) is 11.1 Å². The minimum absolute atomic E-state index is 0.156. The van der Waals surface area contributed by atoms with Gasteiger partial charge < -0.3 is 0 Å². The SMILES string of the molecule is CC1(Cc2ccccc2)C[C@@](C#N)(c2ccccc2)[C@H](CCc2ccccc2)N1NC(=O)c1ccccc1. The average Bonchev–Trinajstić information content (AvgIpc) is 3.21. The van der Waals surface area contributed by atoms with Crippen molar-refractivity contribution >= 4 is 5.91 Å². The molecule has 0 aromatic heterocycles. The Hall–Kier alpha value is -4.20. The van der Waals surface area contributed by atoms with Crippen LogP contribution in [0.3, 0.4) is 0 Å². The Morgan fingerprint density at radius 1 is 0.842 bits per heavy atom. The Balaban J connectivity index is 1.59. The summed E-state index contributed by atoms with van der Waals surface area (Å²) in [5.74, 6) is -0.156. The second kappa shape index (κ2) is 11.0. The van der Waals surface area contributed by atoms with Crippen LogP contribution in [-0.2, 0) is 18.3 Å². The Kier molecular flexibility index (Phi) is 7.40. The molecule has 3 atom stereocenters. The number of hydrogen-bond donors (Lipinski definition) is 1. The lowest BCUT2D eigenvalue weighted by Gasteiger charge is -2.39. The lowest BCUT2D eigenvalue weighted by Crippen LogP contribution is -2.57. The van der Waals surface area contributed by atoms with Gasteiger partial charge in [0.15, 0.2) is 0 Å². The van der Waals surface area contributed by atoms with Crippen LogP contribution in [0.5, 0.6) is 0 Å². The highest BCUT2D eigenvalue weighted by Crippen LogP contribution is 2.50. The molecule has 4 nitrogen and oxygen atoms in total. The topological polar surface area (TPSA) is 56.1 Å². The Labute approximate surface area is 225 Å². The third kappa shape index (κ3) is 5.11. The summed E-state index contributed by atoms with van der Waals surface area (Å²) in [6.07, 6.45) is 2.84. The number of rotatable bonds is 8. The maximum absolute atomic E-state index is 13.6. The van der Waals surface area contributed by atoms with Gasteiger partial charge >= 0.3 is 0 Å². The molecule has 1 heterocycles. The van der Waals surface area contributed by atoms with E-state index in [0.29, 0.717) is 18.4 Å². The van der Waals surface area contributed by atoms with Gasteiger partial charge in [0.2, 0.25) is 0 Å². The van der Waals surface area contributed by atoms with Crippen molar-refractivity contribution in [3.63, 3.8) is 0 Å². The van der Waals surface area contributed by atoms with Gasteiger partial charge in [-0.1, -0.05) is 109 Å². The van der Waals surface area contributed by atoms with Crippen LogP contribution in [0.1, 0.15) is 46.8 Å². The van der Waals surface area contributed by atoms with Gasteiger partial charge in [-0.05, 0) is 61.4 Å². The first-order valence-corrected chi connectivity index (χ1v) is 13.2. The lowest BCUT2D eigenvalue weighted by atomic mass is 9.71. The van der Waals surface area contributed by atoms with E-state index in [1.807, 2.05) is 84.9 Å². The number of hydrazine groups is 1. The van der Waals surface area contributed by atoms with Crippen molar-refractivity contribution < 1.29 is 4.79 Å². The third-order valence-corrected chi connectivity index (χ3v) is 7.85. The number of nitrogens with zero attached hydrogens (tertiary/aromatic N) is 2. The zero-order chi connectivity index (χ0) is 26.4. The molecule has 190 valence electrons. The van der Waals surface area contributed by atoms with E-state index in [9.17, 15) is 10.1 Å². The predicted molar refractivity (Wildman–Crippen MR) is 151 cm³/mol. The average molecular weight is 500 g/mol. The van der Waals surface area contributed by atoms with Crippen molar-refractivity contribution in [3.05, 3.63) is 144 Å². The minimum Gasteiger partial charge on any atom is -0.284 e. The van der Waals surface area contributed by atoms with Crippen LogP contribution in [-0.4, -0.2) is 22.5 Å². The zero-order valence-corrected chi connectivity index (χ0v) is 21.8. The van der Waals surface area contributed by atoms with Crippen molar-refractivity contribution in [2.45, 2.75) is 49.6 Å². The summed E-state index contributed by atoms with van der Waals surface area (Å²) < 4.78 is 0. The third-order valence-electron chi connectivity index (χ3n) is 7.85. The van der Waals surface area contributed by atoms with E-state index in [1.165, 1.54) is 11.1 Å². The van der Waals surface area contributed by atoms with E-state index in [2.05, 4.69) is 59.8 Å². The molecule has 0 aliphatic carbocycles. The van der Waals surface area contributed by atoms with Gasteiger partial charge in [0.25, 0.3) is 5.91 Å². The van der Waals surface area contributed by atoms with Gasteiger partial charge in [-0.2, -0.15) is 5.26 Å². The number of carbonyl (C=O) groups excluding carboxylic acids is 1. The fourth-order valence-corrected chi connectivity index (χ4v) is 6.09. The van der Waals surface area contributed by atoms with Crippen LogP contribution in [0.25, 0.3) is 0 Å². The Bertz CT molecular complexity index is 1390. The maximum Gasteiger partial charge on any atom is 0.265 e. The summed E-state index contributed by atoms with van der Waals surface area (Å²) in [4.78, 5) is 13.6. The number of hydrogen-bond acceptors (Lipinski definition) is 3. The number of aryl methyl sites for hydroxylation is 1. The largest absolute Gasteiger partial charge is 0.284 e. The van der Waals surface area contributed by atoms with Crippen LogP contribution in [0, 0.1) is 11.3 Å². The molecular weight excluding hydrogens is 466 g/mol. The van der Waals surface area contributed by atoms with Gasteiger partial charge in [0.1, 0.15) is 5.41 Å². The van der Waals surface area contributed by atoms with Crippen molar-refractivity contribution in [2.75, 3.05) is 0 Å². The van der Waals surface area contributed by atoms with Gasteiger partial charge in [0.05, 0.1) is 12.1 Å². The van der Waals surface area contributed by atoms with Crippen molar-refractivity contribution in [1.29, 1.82) is 5.26 Å². The Morgan fingerprint density at radius 2 is 1.37 bits per heavy atom. The normalized spacial score (nSPS) is 23.0. The van der Waals surface area contributed by atoms with E-state index in [1.54, 1.807) is 0 Å². The molecule has 1 amide bonds. The monoisotopic (exact) mass is 499 g/mol. The van der Waals surface area contributed by atoms with Gasteiger partial charge in [-0.25, -0.2) is 5.01 Å². The molecule has 4 heteroatoms. The van der Waals surface area contributed by atoms with Crippen molar-refractivity contribution in [3.8, 4) is 6.07 Å². The molecule has 1 aliphatic heterocycles. The summed E-state index contributed by atoms with van der Waals surface area (Å²) in [5.41, 5.74) is 6.02. The zero-order valence-electron chi connectivity index (χ0n) is 21.8. The standard InChI is InChI=1S/C34H33N3O/c1-33(24-28-16-8-3-9-17-28)25-34(26-35,30-20-12-5-13-21-30)31(23-22-27-14-6-2-7-15-27)37(33)36-32(38)29-18-10-4-11-19-29/h2-21,31H,22-25H2,1H3,(H,36,38)/t31-,33?,34+/m0/s1. The quantitative estimate of drug-likeness (QED) is 0.301. The smallest absolute Gasteiger partial charge is 0.265 e. The molecule has 38 heavy (non-hydrogen) atoms. The van der Waals surface area contributed by atoms with Crippen molar-refractivity contribution in [1.82, 2.24) is 10.4 Å². The van der Waals surface area contributed by atoms with E-state index in [4.69, 9.17) is 0 Å². The fourth-order valence-electron chi connectivity index (χ4n) is 6.09. The molecule has 1 fully saturated rings. The number of amides is 1. The molecule has 1 saturated heterocycles. The molecule has 5 rings (SSSR count).